The van der Waals surface area contributed by atoms with Gasteiger partial charge in [-0.05, 0) is 80.9 Å². The van der Waals surface area contributed by atoms with Crippen molar-refractivity contribution in [3.8, 4) is 5.75 Å². The van der Waals surface area contributed by atoms with E-state index in [0.717, 1.165) is 56.6 Å². The van der Waals surface area contributed by atoms with Gasteiger partial charge in [-0.2, -0.15) is 0 Å². The molecule has 0 radical (unpaired) electrons. The fourth-order valence-electron chi connectivity index (χ4n) is 5.14. The zero-order valence-corrected chi connectivity index (χ0v) is 20.4. The van der Waals surface area contributed by atoms with Crippen molar-refractivity contribution in [2.45, 2.75) is 64.7 Å². The van der Waals surface area contributed by atoms with Crippen LogP contribution in [0.3, 0.4) is 0 Å². The SMILES string of the molecule is CCCCCCCN1CC[C@@H](CCCc2ccnc3ccc(OC)cc23)[C@@H](COC(N)=O)C1. The number of benzene rings is 1. The normalized spacial score (nSPS) is 19.0. The van der Waals surface area contributed by atoms with E-state index in [0.29, 0.717) is 18.4 Å². The third kappa shape index (κ3) is 7.88. The summed E-state index contributed by atoms with van der Waals surface area (Å²) in [5, 5.41) is 1.17. The van der Waals surface area contributed by atoms with E-state index in [1.165, 1.54) is 43.1 Å². The molecule has 1 aromatic carbocycles. The summed E-state index contributed by atoms with van der Waals surface area (Å²) >= 11 is 0. The Labute approximate surface area is 198 Å². The predicted octanol–water partition coefficient (Wildman–Crippen LogP) is 5.57. The second-order valence-electron chi connectivity index (χ2n) is 9.40. The molecule has 0 saturated carbocycles. The van der Waals surface area contributed by atoms with Crippen molar-refractivity contribution < 1.29 is 14.3 Å². The number of rotatable bonds is 13. The maximum Gasteiger partial charge on any atom is 0.404 e. The Balaban J connectivity index is 1.54. The molecular formula is C27H41N3O3. The monoisotopic (exact) mass is 455 g/mol. The van der Waals surface area contributed by atoms with Gasteiger partial charge in [-0.3, -0.25) is 4.98 Å². The van der Waals surface area contributed by atoms with E-state index in [4.69, 9.17) is 15.2 Å². The molecule has 1 aliphatic heterocycles. The number of hydrogen-bond donors (Lipinski definition) is 1. The molecule has 0 unspecified atom stereocenters. The summed E-state index contributed by atoms with van der Waals surface area (Å²) in [4.78, 5) is 18.3. The molecule has 182 valence electrons. The highest BCUT2D eigenvalue weighted by atomic mass is 16.5. The third-order valence-corrected chi connectivity index (χ3v) is 7.05. The van der Waals surface area contributed by atoms with E-state index in [-0.39, 0.29) is 0 Å². The summed E-state index contributed by atoms with van der Waals surface area (Å²) < 4.78 is 10.7. The summed E-state index contributed by atoms with van der Waals surface area (Å²) in [5.41, 5.74) is 7.60. The Bertz CT molecular complexity index is 873. The van der Waals surface area contributed by atoms with E-state index in [1.54, 1.807) is 7.11 Å². The first kappa shape index (κ1) is 25.3. The van der Waals surface area contributed by atoms with Gasteiger partial charge < -0.3 is 20.1 Å². The zero-order valence-electron chi connectivity index (χ0n) is 20.4. The number of nitrogens with two attached hydrogens (primary N) is 1. The zero-order chi connectivity index (χ0) is 23.5. The number of fused-ring (bicyclic) bond motifs is 1. The minimum absolute atomic E-state index is 0.358. The Morgan fingerprint density at radius 2 is 2.00 bits per heavy atom. The lowest BCUT2D eigenvalue weighted by atomic mass is 9.82. The van der Waals surface area contributed by atoms with E-state index in [2.05, 4.69) is 28.9 Å². The number of unbranched alkanes of at least 4 members (excludes halogenated alkanes) is 4. The summed E-state index contributed by atoms with van der Waals surface area (Å²) in [6.07, 6.45) is 12.1. The molecule has 0 aliphatic carbocycles. The van der Waals surface area contributed by atoms with Gasteiger partial charge in [0.05, 0.1) is 19.2 Å². The van der Waals surface area contributed by atoms with Gasteiger partial charge in [0, 0.05) is 24.0 Å². The number of nitrogens with zero attached hydrogens (tertiary/aromatic N) is 2. The smallest absolute Gasteiger partial charge is 0.404 e. The molecule has 1 aliphatic rings. The third-order valence-electron chi connectivity index (χ3n) is 7.05. The van der Waals surface area contributed by atoms with Gasteiger partial charge in [0.25, 0.3) is 0 Å². The van der Waals surface area contributed by atoms with Crippen molar-refractivity contribution in [3.63, 3.8) is 0 Å². The first-order chi connectivity index (χ1) is 16.1. The van der Waals surface area contributed by atoms with Crippen molar-refractivity contribution in [1.29, 1.82) is 0 Å². The van der Waals surface area contributed by atoms with Crippen molar-refractivity contribution >= 4 is 17.0 Å². The van der Waals surface area contributed by atoms with Crippen LogP contribution in [0.2, 0.25) is 0 Å². The van der Waals surface area contributed by atoms with E-state index >= 15 is 0 Å². The fraction of sp³-hybridized carbons (Fsp3) is 0.630. The molecule has 2 atom stereocenters. The van der Waals surface area contributed by atoms with Crippen LogP contribution in [0.4, 0.5) is 4.79 Å². The first-order valence-electron chi connectivity index (χ1n) is 12.7. The van der Waals surface area contributed by atoms with Crippen LogP contribution >= 0.6 is 0 Å². The van der Waals surface area contributed by atoms with Gasteiger partial charge in [-0.1, -0.05) is 32.6 Å². The average Bonchev–Trinajstić information content (AvgIpc) is 2.83. The Morgan fingerprint density at radius 1 is 1.15 bits per heavy atom. The molecule has 0 bridgehead atoms. The Morgan fingerprint density at radius 3 is 2.79 bits per heavy atom. The molecule has 1 amide bonds. The summed E-state index contributed by atoms with van der Waals surface area (Å²) in [7, 11) is 1.70. The predicted molar refractivity (Wildman–Crippen MR) is 134 cm³/mol. The highest BCUT2D eigenvalue weighted by molar-refractivity contribution is 5.83. The molecule has 0 spiro atoms. The van der Waals surface area contributed by atoms with Gasteiger partial charge >= 0.3 is 6.09 Å². The van der Waals surface area contributed by atoms with E-state index < -0.39 is 6.09 Å². The molecule has 1 saturated heterocycles. The van der Waals surface area contributed by atoms with Crippen LogP contribution in [0, 0.1) is 11.8 Å². The standard InChI is InChI=1S/C27H41N3O3/c1-3-4-5-6-7-16-30-17-14-21(23(19-30)20-33-27(28)31)9-8-10-22-13-15-29-26-12-11-24(32-2)18-25(22)26/h11-13,15,18,21,23H,3-10,14,16-17,19-20H2,1-2H3,(H2,28,31)/t21-,23-/m1/s1. The topological polar surface area (TPSA) is 77.7 Å². The number of carbonyl (C=O) groups is 1. The number of amides is 1. The number of likely N-dealkylation sites (tertiary alicyclic amines) is 1. The van der Waals surface area contributed by atoms with Gasteiger partial charge in [-0.25, -0.2) is 4.79 Å². The largest absolute Gasteiger partial charge is 0.497 e. The molecular weight excluding hydrogens is 414 g/mol. The number of primary amides is 1. The van der Waals surface area contributed by atoms with Crippen molar-refractivity contribution in [2.24, 2.45) is 17.6 Å². The molecule has 2 N–H and O–H groups in total. The highest BCUT2D eigenvalue weighted by Crippen LogP contribution is 2.30. The fourth-order valence-corrected chi connectivity index (χ4v) is 5.14. The lowest BCUT2D eigenvalue weighted by Crippen LogP contribution is -2.43. The first-order valence-corrected chi connectivity index (χ1v) is 12.7. The van der Waals surface area contributed by atoms with Crippen LogP contribution in [0.15, 0.2) is 30.5 Å². The maximum absolute atomic E-state index is 11.2. The van der Waals surface area contributed by atoms with Crippen LogP contribution in [0.1, 0.15) is 63.9 Å². The van der Waals surface area contributed by atoms with E-state index in [1.807, 2.05) is 18.3 Å². The number of methoxy groups -OCH3 is 1. The molecule has 6 nitrogen and oxygen atoms in total. The Hall–Kier alpha value is -2.34. The van der Waals surface area contributed by atoms with Crippen LogP contribution < -0.4 is 10.5 Å². The molecule has 33 heavy (non-hydrogen) atoms. The van der Waals surface area contributed by atoms with E-state index in [9.17, 15) is 4.79 Å². The van der Waals surface area contributed by atoms with Crippen LogP contribution in [-0.4, -0.2) is 49.3 Å². The quantitative estimate of drug-likeness (QED) is 0.400. The molecule has 1 fully saturated rings. The van der Waals surface area contributed by atoms with Crippen LogP contribution in [0.25, 0.3) is 10.9 Å². The highest BCUT2D eigenvalue weighted by Gasteiger charge is 2.29. The van der Waals surface area contributed by atoms with Crippen molar-refractivity contribution in [1.82, 2.24) is 9.88 Å². The summed E-state index contributed by atoms with van der Waals surface area (Å²) in [5.74, 6) is 1.78. The van der Waals surface area contributed by atoms with Crippen molar-refractivity contribution in [2.75, 3.05) is 33.4 Å². The number of aromatic nitrogens is 1. The lowest BCUT2D eigenvalue weighted by Gasteiger charge is -2.38. The van der Waals surface area contributed by atoms with Gasteiger partial charge in [0.2, 0.25) is 0 Å². The van der Waals surface area contributed by atoms with Crippen LogP contribution in [0.5, 0.6) is 5.75 Å². The molecule has 1 aromatic heterocycles. The Kier molecular flexibility index (Phi) is 10.3. The minimum Gasteiger partial charge on any atom is -0.497 e. The number of aryl methyl sites for hydroxylation is 1. The number of piperidine rings is 1. The summed E-state index contributed by atoms with van der Waals surface area (Å²) in [6, 6.07) is 8.18. The summed E-state index contributed by atoms with van der Waals surface area (Å²) in [6.45, 7) is 5.97. The average molecular weight is 456 g/mol. The van der Waals surface area contributed by atoms with Crippen LogP contribution in [-0.2, 0) is 11.2 Å². The molecule has 6 heteroatoms. The number of pyridine rings is 1. The number of carbonyl (C=O) groups excluding carboxylic acids is 1. The molecule has 2 aromatic rings. The van der Waals surface area contributed by atoms with Crippen molar-refractivity contribution in [3.05, 3.63) is 36.0 Å². The maximum atomic E-state index is 11.2. The van der Waals surface area contributed by atoms with Gasteiger partial charge in [-0.15, -0.1) is 0 Å². The molecule has 3 rings (SSSR count). The number of hydrogen-bond acceptors (Lipinski definition) is 5. The lowest BCUT2D eigenvalue weighted by molar-refractivity contribution is 0.0545. The van der Waals surface area contributed by atoms with Gasteiger partial charge in [0.1, 0.15) is 5.75 Å². The second kappa shape index (κ2) is 13.4. The number of ether oxygens (including phenoxy) is 2. The second-order valence-corrected chi connectivity index (χ2v) is 9.40. The molecule has 2 heterocycles. The van der Waals surface area contributed by atoms with Gasteiger partial charge in [0.15, 0.2) is 0 Å². The minimum atomic E-state index is -0.664.